The van der Waals surface area contributed by atoms with Gasteiger partial charge in [-0.15, -0.1) is 0 Å². The third kappa shape index (κ3) is 4.09. The highest BCUT2D eigenvalue weighted by Gasteiger charge is 2.29. The molecule has 0 aromatic rings. The molecule has 3 heteroatoms. The summed E-state index contributed by atoms with van der Waals surface area (Å²) in [5.74, 6) is 0. The number of nitrogens with one attached hydrogen (secondary N) is 1. The van der Waals surface area contributed by atoms with Gasteiger partial charge in [0.1, 0.15) is 0 Å². The molecule has 1 saturated heterocycles. The molecule has 1 atom stereocenters. The molecule has 0 spiro atoms. The maximum atomic E-state index is 6.13. The minimum Gasteiger partial charge on any atom is -0.381 e. The highest BCUT2D eigenvalue weighted by atomic mass is 16.5. The van der Waals surface area contributed by atoms with Crippen molar-refractivity contribution >= 4 is 0 Å². The fraction of sp³-hybridized carbons (Fsp3) is 1.00. The van der Waals surface area contributed by atoms with Crippen molar-refractivity contribution in [3.05, 3.63) is 0 Å². The predicted molar refractivity (Wildman–Crippen MR) is 63.9 cm³/mol. The van der Waals surface area contributed by atoms with Crippen molar-refractivity contribution < 1.29 is 4.74 Å². The smallest absolute Gasteiger partial charge is 0.0483 e. The van der Waals surface area contributed by atoms with E-state index in [1.165, 1.54) is 0 Å². The second-order valence-electron chi connectivity index (χ2n) is 6.03. The van der Waals surface area contributed by atoms with Crippen molar-refractivity contribution in [1.29, 1.82) is 0 Å². The molecule has 1 aliphatic rings. The van der Waals surface area contributed by atoms with Gasteiger partial charge in [0.05, 0.1) is 0 Å². The van der Waals surface area contributed by atoms with E-state index >= 15 is 0 Å². The lowest BCUT2D eigenvalue weighted by Gasteiger charge is -2.37. The maximum absolute atomic E-state index is 6.13. The average molecular weight is 214 g/mol. The molecule has 1 unspecified atom stereocenters. The molecule has 90 valence electrons. The van der Waals surface area contributed by atoms with Gasteiger partial charge in [0, 0.05) is 31.3 Å². The molecule has 1 heterocycles. The van der Waals surface area contributed by atoms with E-state index in [1.807, 2.05) is 0 Å². The average Bonchev–Trinajstić information content (AvgIpc) is 2.14. The van der Waals surface area contributed by atoms with Gasteiger partial charge in [-0.05, 0) is 25.2 Å². The van der Waals surface area contributed by atoms with Gasteiger partial charge < -0.3 is 15.8 Å². The Labute approximate surface area is 93.8 Å². The van der Waals surface area contributed by atoms with Gasteiger partial charge in [-0.2, -0.15) is 0 Å². The Bertz CT molecular complexity index is 192. The van der Waals surface area contributed by atoms with Crippen LogP contribution in [-0.4, -0.2) is 31.3 Å². The van der Waals surface area contributed by atoms with Crippen molar-refractivity contribution in [2.45, 2.75) is 52.1 Å². The molecule has 0 aromatic carbocycles. The highest BCUT2D eigenvalue weighted by Crippen LogP contribution is 2.21. The van der Waals surface area contributed by atoms with Crippen LogP contribution in [0.15, 0.2) is 0 Å². The van der Waals surface area contributed by atoms with E-state index < -0.39 is 0 Å². The number of rotatable bonds is 3. The molecule has 1 fully saturated rings. The van der Waals surface area contributed by atoms with Gasteiger partial charge in [0.25, 0.3) is 0 Å². The summed E-state index contributed by atoms with van der Waals surface area (Å²) in [5, 5.41) is 3.60. The summed E-state index contributed by atoms with van der Waals surface area (Å²) in [7, 11) is 0. The van der Waals surface area contributed by atoms with E-state index in [1.54, 1.807) is 0 Å². The Kier molecular flexibility index (Phi) is 4.15. The van der Waals surface area contributed by atoms with E-state index in [9.17, 15) is 0 Å². The molecular formula is C12H26N2O. The second-order valence-corrected chi connectivity index (χ2v) is 6.03. The maximum Gasteiger partial charge on any atom is 0.0483 e. The number of hydrogen-bond donors (Lipinski definition) is 2. The minimum atomic E-state index is 0.175. The lowest BCUT2D eigenvalue weighted by Crippen LogP contribution is -2.53. The molecule has 0 aromatic heterocycles. The van der Waals surface area contributed by atoms with Crippen molar-refractivity contribution in [2.75, 3.05) is 19.8 Å². The Hall–Kier alpha value is -0.120. The molecule has 0 radical (unpaired) electrons. The van der Waals surface area contributed by atoms with Gasteiger partial charge in [-0.3, -0.25) is 0 Å². The van der Waals surface area contributed by atoms with Crippen LogP contribution in [0, 0.1) is 5.41 Å². The van der Waals surface area contributed by atoms with Crippen LogP contribution in [-0.2, 0) is 4.74 Å². The minimum absolute atomic E-state index is 0.175. The summed E-state index contributed by atoms with van der Waals surface area (Å²) in [6, 6.07) is 0.206. The normalized spacial score (nSPS) is 23.8. The predicted octanol–water partition coefficient (Wildman–Crippen LogP) is 1.52. The summed E-state index contributed by atoms with van der Waals surface area (Å²) in [4.78, 5) is 0. The first-order valence-electron chi connectivity index (χ1n) is 5.92. The standard InChI is InChI=1S/C12H26N2O/c1-11(2,3)10(13)9-14-12(4)5-7-15-8-6-12/h10,14H,5-9,13H2,1-4H3. The van der Waals surface area contributed by atoms with Crippen molar-refractivity contribution in [3.8, 4) is 0 Å². The SMILES string of the molecule is CC1(NCC(N)C(C)(C)C)CCOCC1. The van der Waals surface area contributed by atoms with Crippen molar-refractivity contribution in [1.82, 2.24) is 5.32 Å². The summed E-state index contributed by atoms with van der Waals surface area (Å²) in [6.07, 6.45) is 2.17. The van der Waals surface area contributed by atoms with Crippen LogP contribution in [0.3, 0.4) is 0 Å². The third-order valence-electron chi connectivity index (χ3n) is 3.46. The fourth-order valence-electron chi connectivity index (χ4n) is 1.66. The zero-order chi connectivity index (χ0) is 11.5. The first-order valence-corrected chi connectivity index (χ1v) is 5.92. The van der Waals surface area contributed by atoms with Crippen LogP contribution < -0.4 is 11.1 Å². The molecular weight excluding hydrogens is 188 g/mol. The van der Waals surface area contributed by atoms with Crippen molar-refractivity contribution in [3.63, 3.8) is 0 Å². The lowest BCUT2D eigenvalue weighted by molar-refractivity contribution is 0.0434. The summed E-state index contributed by atoms with van der Waals surface area (Å²) in [5.41, 5.74) is 6.53. The summed E-state index contributed by atoms with van der Waals surface area (Å²) >= 11 is 0. The van der Waals surface area contributed by atoms with Gasteiger partial charge in [-0.25, -0.2) is 0 Å². The van der Waals surface area contributed by atoms with Crippen LogP contribution in [0.4, 0.5) is 0 Å². The lowest BCUT2D eigenvalue weighted by atomic mass is 9.86. The molecule has 3 N–H and O–H groups in total. The van der Waals surface area contributed by atoms with Crippen LogP contribution >= 0.6 is 0 Å². The Morgan fingerprint density at radius 2 is 1.87 bits per heavy atom. The monoisotopic (exact) mass is 214 g/mol. The summed E-state index contributed by atoms with van der Waals surface area (Å²) in [6.45, 7) is 11.5. The van der Waals surface area contributed by atoms with Gasteiger partial charge in [-0.1, -0.05) is 20.8 Å². The van der Waals surface area contributed by atoms with E-state index in [2.05, 4.69) is 33.0 Å². The van der Waals surface area contributed by atoms with Crippen LogP contribution in [0.25, 0.3) is 0 Å². The number of nitrogens with two attached hydrogens (primary N) is 1. The largest absolute Gasteiger partial charge is 0.381 e. The van der Waals surface area contributed by atoms with Gasteiger partial charge >= 0.3 is 0 Å². The van der Waals surface area contributed by atoms with E-state index in [4.69, 9.17) is 10.5 Å². The highest BCUT2D eigenvalue weighted by molar-refractivity contribution is 4.88. The molecule has 3 nitrogen and oxygen atoms in total. The Morgan fingerprint density at radius 1 is 1.33 bits per heavy atom. The van der Waals surface area contributed by atoms with E-state index in [0.29, 0.717) is 0 Å². The van der Waals surface area contributed by atoms with Gasteiger partial charge in [0.15, 0.2) is 0 Å². The Balaban J connectivity index is 2.35. The summed E-state index contributed by atoms with van der Waals surface area (Å²) < 4.78 is 5.37. The molecule has 15 heavy (non-hydrogen) atoms. The first-order chi connectivity index (χ1) is 6.83. The second kappa shape index (κ2) is 4.81. The number of hydrogen-bond acceptors (Lipinski definition) is 3. The zero-order valence-electron chi connectivity index (χ0n) is 10.6. The van der Waals surface area contributed by atoms with E-state index in [0.717, 1.165) is 32.6 Å². The Morgan fingerprint density at radius 3 is 2.33 bits per heavy atom. The van der Waals surface area contributed by atoms with Crippen LogP contribution in [0.1, 0.15) is 40.5 Å². The van der Waals surface area contributed by atoms with E-state index in [-0.39, 0.29) is 17.0 Å². The fourth-order valence-corrected chi connectivity index (χ4v) is 1.66. The quantitative estimate of drug-likeness (QED) is 0.749. The molecule has 0 aliphatic carbocycles. The van der Waals surface area contributed by atoms with Crippen LogP contribution in [0.2, 0.25) is 0 Å². The number of ether oxygens (including phenoxy) is 1. The molecule has 0 saturated carbocycles. The molecule has 0 amide bonds. The molecule has 0 bridgehead atoms. The molecule has 1 rings (SSSR count). The topological polar surface area (TPSA) is 47.3 Å². The molecule has 1 aliphatic heterocycles. The zero-order valence-corrected chi connectivity index (χ0v) is 10.6. The van der Waals surface area contributed by atoms with Crippen molar-refractivity contribution in [2.24, 2.45) is 11.1 Å². The van der Waals surface area contributed by atoms with Gasteiger partial charge in [0.2, 0.25) is 0 Å². The van der Waals surface area contributed by atoms with Crippen LogP contribution in [0.5, 0.6) is 0 Å². The first kappa shape index (κ1) is 12.9. The third-order valence-corrected chi connectivity index (χ3v) is 3.46.